The molecule has 0 aromatic heterocycles. The predicted molar refractivity (Wildman–Crippen MR) is 99.0 cm³/mol. The first-order valence-electron chi connectivity index (χ1n) is 7.98. The van der Waals surface area contributed by atoms with Crippen molar-refractivity contribution in [3.8, 4) is 0 Å². The summed E-state index contributed by atoms with van der Waals surface area (Å²) in [4.78, 5) is 24.9. The second-order valence-corrected chi connectivity index (χ2v) is 8.80. The van der Waals surface area contributed by atoms with Crippen LogP contribution in [-0.4, -0.2) is 56.7 Å². The number of para-hydroxylation sites is 1. The topological polar surface area (TPSA) is 95.6 Å². The van der Waals surface area contributed by atoms with E-state index < -0.39 is 21.8 Å². The van der Waals surface area contributed by atoms with Crippen LogP contribution < -0.4 is 10.6 Å². The number of rotatable bonds is 5. The lowest BCUT2D eigenvalue weighted by Gasteiger charge is -2.30. The fourth-order valence-corrected chi connectivity index (χ4v) is 4.12. The molecule has 0 aliphatic carbocycles. The molecule has 1 aromatic carbocycles. The van der Waals surface area contributed by atoms with Crippen molar-refractivity contribution >= 4 is 39.3 Å². The summed E-state index contributed by atoms with van der Waals surface area (Å²) in [5.41, 5.74) is 0.608. The molecule has 0 saturated carbocycles. The van der Waals surface area contributed by atoms with Crippen molar-refractivity contribution in [2.75, 3.05) is 37.5 Å². The van der Waals surface area contributed by atoms with Gasteiger partial charge in [0.25, 0.3) is 0 Å². The number of hydrogen-bond donors (Lipinski definition) is 2. The summed E-state index contributed by atoms with van der Waals surface area (Å²) in [5.74, 6) is -1.20. The van der Waals surface area contributed by atoms with Crippen molar-refractivity contribution < 1.29 is 18.0 Å². The van der Waals surface area contributed by atoms with Crippen LogP contribution in [0.15, 0.2) is 29.2 Å². The summed E-state index contributed by atoms with van der Waals surface area (Å²) in [6.45, 7) is 1.27. The lowest BCUT2D eigenvalue weighted by atomic mass is 9.98. The molecule has 0 atom stereocenters. The molecule has 0 spiro atoms. The molecule has 9 heteroatoms. The Bertz CT molecular complexity index is 729. The molecule has 0 bridgehead atoms. The Morgan fingerprint density at radius 3 is 2.44 bits per heavy atom. The Morgan fingerprint density at radius 1 is 1.20 bits per heavy atom. The number of amides is 2. The monoisotopic (exact) mass is 385 g/mol. The minimum atomic E-state index is -3.16. The lowest BCUT2D eigenvalue weighted by Crippen LogP contribution is -2.43. The van der Waals surface area contributed by atoms with Crippen LogP contribution in [-0.2, 0) is 19.6 Å². The second-order valence-electron chi connectivity index (χ2n) is 5.97. The average Bonchev–Trinajstić information content (AvgIpc) is 2.59. The molecule has 25 heavy (non-hydrogen) atoms. The molecule has 1 heterocycles. The number of thioether (sulfide) groups is 1. The molecule has 1 saturated heterocycles. The highest BCUT2D eigenvalue weighted by Gasteiger charge is 2.25. The minimum Gasteiger partial charge on any atom is -0.348 e. The third-order valence-corrected chi connectivity index (χ3v) is 6.25. The maximum atomic E-state index is 12.0. The number of sulfonamides is 1. The van der Waals surface area contributed by atoms with Crippen LogP contribution in [0, 0.1) is 5.92 Å². The van der Waals surface area contributed by atoms with Gasteiger partial charge in [-0.25, -0.2) is 12.7 Å². The minimum absolute atomic E-state index is 0.174. The molecular formula is C16H23N3O4S2. The number of benzene rings is 1. The van der Waals surface area contributed by atoms with E-state index in [0.717, 1.165) is 4.90 Å². The fourth-order valence-electron chi connectivity index (χ4n) is 2.69. The SMILES string of the molecule is CSc1ccccc1NC(=O)C(=O)NCC1CCN(S(C)(=O)=O)CC1. The maximum Gasteiger partial charge on any atom is 0.313 e. The van der Waals surface area contributed by atoms with Gasteiger partial charge in [0.2, 0.25) is 10.0 Å². The maximum absolute atomic E-state index is 12.0. The van der Waals surface area contributed by atoms with Crippen molar-refractivity contribution in [2.45, 2.75) is 17.7 Å². The molecular weight excluding hydrogens is 362 g/mol. The summed E-state index contributed by atoms with van der Waals surface area (Å²) in [6, 6.07) is 7.28. The average molecular weight is 386 g/mol. The summed E-state index contributed by atoms with van der Waals surface area (Å²) >= 11 is 1.49. The first-order chi connectivity index (χ1) is 11.8. The third-order valence-electron chi connectivity index (χ3n) is 4.16. The van der Waals surface area contributed by atoms with Crippen LogP contribution in [0.5, 0.6) is 0 Å². The lowest BCUT2D eigenvalue weighted by molar-refractivity contribution is -0.136. The van der Waals surface area contributed by atoms with E-state index in [4.69, 9.17) is 0 Å². The van der Waals surface area contributed by atoms with Crippen LogP contribution in [0.1, 0.15) is 12.8 Å². The molecule has 1 aliphatic rings. The fraction of sp³-hybridized carbons (Fsp3) is 0.500. The van der Waals surface area contributed by atoms with Gasteiger partial charge in [-0.3, -0.25) is 9.59 Å². The van der Waals surface area contributed by atoms with E-state index in [1.54, 1.807) is 12.1 Å². The van der Waals surface area contributed by atoms with E-state index >= 15 is 0 Å². The van der Waals surface area contributed by atoms with Gasteiger partial charge in [0.15, 0.2) is 0 Å². The normalized spacial score (nSPS) is 16.4. The predicted octanol–water partition coefficient (Wildman–Crippen LogP) is 1.13. The quantitative estimate of drug-likeness (QED) is 0.585. The van der Waals surface area contributed by atoms with Crippen LogP contribution in [0.3, 0.4) is 0 Å². The first kappa shape index (κ1) is 19.7. The van der Waals surface area contributed by atoms with Crippen LogP contribution in [0.2, 0.25) is 0 Å². The standard InChI is InChI=1S/C16H23N3O4S2/c1-24-14-6-4-3-5-13(14)18-16(21)15(20)17-11-12-7-9-19(10-8-12)25(2,22)23/h3-6,12H,7-11H2,1-2H3,(H,17,20)(H,18,21). The van der Waals surface area contributed by atoms with Gasteiger partial charge < -0.3 is 10.6 Å². The molecule has 138 valence electrons. The van der Waals surface area contributed by atoms with Gasteiger partial charge in [0.05, 0.1) is 11.9 Å². The number of carbonyl (C=O) groups excluding carboxylic acids is 2. The molecule has 1 aliphatic heterocycles. The highest BCUT2D eigenvalue weighted by Crippen LogP contribution is 2.24. The van der Waals surface area contributed by atoms with Crippen molar-refractivity contribution in [1.82, 2.24) is 9.62 Å². The summed E-state index contributed by atoms with van der Waals surface area (Å²) < 4.78 is 24.4. The number of nitrogens with zero attached hydrogens (tertiary/aromatic N) is 1. The van der Waals surface area contributed by atoms with Gasteiger partial charge in [0.1, 0.15) is 0 Å². The zero-order chi connectivity index (χ0) is 18.4. The third kappa shape index (κ3) is 5.72. The van der Waals surface area contributed by atoms with Crippen LogP contribution >= 0.6 is 11.8 Å². The van der Waals surface area contributed by atoms with Gasteiger partial charge in [0, 0.05) is 24.5 Å². The summed E-state index contributed by atoms with van der Waals surface area (Å²) in [6.07, 6.45) is 4.44. The Balaban J connectivity index is 1.80. The molecule has 2 N–H and O–H groups in total. The number of piperidine rings is 1. The second kappa shape index (κ2) is 8.68. The molecule has 2 rings (SSSR count). The van der Waals surface area contributed by atoms with Gasteiger partial charge in [-0.2, -0.15) is 0 Å². The van der Waals surface area contributed by atoms with Crippen molar-refractivity contribution in [1.29, 1.82) is 0 Å². The molecule has 1 aromatic rings. The number of hydrogen-bond acceptors (Lipinski definition) is 5. The van der Waals surface area contributed by atoms with Crippen LogP contribution in [0.25, 0.3) is 0 Å². The Hall–Kier alpha value is -1.58. The summed E-state index contributed by atoms with van der Waals surface area (Å²) in [5, 5.41) is 5.25. The first-order valence-corrected chi connectivity index (χ1v) is 11.1. The number of anilines is 1. The highest BCUT2D eigenvalue weighted by molar-refractivity contribution is 7.98. The molecule has 0 radical (unpaired) electrons. The Labute approximate surface area is 152 Å². The van der Waals surface area contributed by atoms with Crippen molar-refractivity contribution in [3.05, 3.63) is 24.3 Å². The van der Waals surface area contributed by atoms with Gasteiger partial charge >= 0.3 is 11.8 Å². The van der Waals surface area contributed by atoms with E-state index in [-0.39, 0.29) is 5.92 Å². The number of nitrogens with one attached hydrogen (secondary N) is 2. The van der Waals surface area contributed by atoms with Gasteiger partial charge in [-0.1, -0.05) is 12.1 Å². The van der Waals surface area contributed by atoms with Crippen molar-refractivity contribution in [2.24, 2.45) is 5.92 Å². The molecule has 0 unspecified atom stereocenters. The van der Waals surface area contributed by atoms with Crippen LogP contribution in [0.4, 0.5) is 5.69 Å². The highest BCUT2D eigenvalue weighted by atomic mass is 32.2. The number of carbonyl (C=O) groups is 2. The smallest absolute Gasteiger partial charge is 0.313 e. The van der Waals surface area contributed by atoms with E-state index in [0.29, 0.717) is 38.2 Å². The van der Waals surface area contributed by atoms with Gasteiger partial charge in [-0.05, 0) is 37.1 Å². The zero-order valence-electron chi connectivity index (χ0n) is 14.3. The summed E-state index contributed by atoms with van der Waals surface area (Å²) in [7, 11) is -3.16. The molecule has 2 amide bonds. The zero-order valence-corrected chi connectivity index (χ0v) is 16.0. The van der Waals surface area contributed by atoms with Crippen molar-refractivity contribution in [3.63, 3.8) is 0 Å². The van der Waals surface area contributed by atoms with E-state index in [9.17, 15) is 18.0 Å². The van der Waals surface area contributed by atoms with E-state index in [1.807, 2.05) is 18.4 Å². The Kier molecular flexibility index (Phi) is 6.86. The van der Waals surface area contributed by atoms with Gasteiger partial charge in [-0.15, -0.1) is 11.8 Å². The molecule has 1 fully saturated rings. The largest absolute Gasteiger partial charge is 0.348 e. The van der Waals surface area contributed by atoms with E-state index in [1.165, 1.54) is 22.3 Å². The Morgan fingerprint density at radius 2 is 1.84 bits per heavy atom. The molecule has 7 nitrogen and oxygen atoms in total. The van der Waals surface area contributed by atoms with E-state index in [2.05, 4.69) is 10.6 Å².